The van der Waals surface area contributed by atoms with Crippen LogP contribution in [0, 0.1) is 12.7 Å². The molecule has 0 spiro atoms. The maximum absolute atomic E-state index is 13.8. The Hall–Kier alpha value is -3.09. The zero-order chi connectivity index (χ0) is 21.6. The summed E-state index contributed by atoms with van der Waals surface area (Å²) >= 11 is 12.0. The van der Waals surface area contributed by atoms with Crippen molar-refractivity contribution in [3.8, 4) is 0 Å². The Bertz CT molecular complexity index is 1220. The number of benzene rings is 2. The number of ketones is 1. The number of hydrogen-bond acceptors (Lipinski definition) is 4. The van der Waals surface area contributed by atoms with E-state index < -0.39 is 29.3 Å². The third-order valence-corrected chi connectivity index (χ3v) is 5.49. The molecule has 1 aromatic heterocycles. The molecule has 1 amide bonds. The van der Waals surface area contributed by atoms with Crippen LogP contribution in [0.4, 0.5) is 10.1 Å². The SMILES string of the molecule is Cc1ccc(C2/C(=C(/O)c3ccc(Cl)c(Cl)c3)C(=O)C(=O)N2c2cccc(F)c2)o1. The van der Waals surface area contributed by atoms with Crippen LogP contribution in [-0.4, -0.2) is 16.8 Å². The fraction of sp³-hybridized carbons (Fsp3) is 0.0909. The summed E-state index contributed by atoms with van der Waals surface area (Å²) in [6.07, 6.45) is 0. The summed E-state index contributed by atoms with van der Waals surface area (Å²) in [5.41, 5.74) is 0.163. The van der Waals surface area contributed by atoms with Crippen LogP contribution in [0.25, 0.3) is 5.76 Å². The third-order valence-electron chi connectivity index (χ3n) is 4.75. The summed E-state index contributed by atoms with van der Waals surface area (Å²) in [5.74, 6) is -2.07. The molecule has 0 saturated carbocycles. The smallest absolute Gasteiger partial charge is 0.300 e. The summed E-state index contributed by atoms with van der Waals surface area (Å²) < 4.78 is 19.5. The molecular formula is C22H14Cl2FNO4. The highest BCUT2D eigenvalue weighted by Crippen LogP contribution is 2.43. The Labute approximate surface area is 180 Å². The first-order valence-electron chi connectivity index (χ1n) is 8.86. The number of nitrogens with zero attached hydrogens (tertiary/aromatic N) is 1. The molecule has 1 atom stereocenters. The first-order chi connectivity index (χ1) is 14.3. The first kappa shape index (κ1) is 20.2. The van der Waals surface area contributed by atoms with Crippen molar-refractivity contribution in [2.75, 3.05) is 4.90 Å². The van der Waals surface area contributed by atoms with Crippen molar-refractivity contribution in [3.63, 3.8) is 0 Å². The predicted molar refractivity (Wildman–Crippen MR) is 111 cm³/mol. The number of Topliss-reactive ketones (excluding diaryl/α,β-unsaturated/α-hetero) is 1. The standard InChI is InChI=1S/C22H14Cl2FNO4/c1-11-5-8-17(30-11)19-18(20(27)12-6-7-15(23)16(24)9-12)21(28)22(29)26(19)14-4-2-3-13(25)10-14/h2-10,19,27H,1H3/b20-18-. The molecule has 1 N–H and O–H groups in total. The molecule has 1 saturated heterocycles. The number of hydrogen-bond donors (Lipinski definition) is 1. The average molecular weight is 446 g/mol. The van der Waals surface area contributed by atoms with Gasteiger partial charge in [0.2, 0.25) is 0 Å². The number of rotatable bonds is 3. The molecule has 2 aromatic carbocycles. The van der Waals surface area contributed by atoms with Gasteiger partial charge in [0, 0.05) is 11.3 Å². The highest BCUT2D eigenvalue weighted by Gasteiger charge is 2.48. The Morgan fingerprint density at radius 3 is 2.47 bits per heavy atom. The normalized spacial score (nSPS) is 18.3. The Kier molecular flexibility index (Phi) is 5.13. The molecular weight excluding hydrogens is 432 g/mol. The van der Waals surface area contributed by atoms with Crippen LogP contribution in [-0.2, 0) is 9.59 Å². The lowest BCUT2D eigenvalue weighted by molar-refractivity contribution is -0.132. The second-order valence-corrected chi connectivity index (χ2v) is 7.54. The maximum atomic E-state index is 13.8. The van der Waals surface area contributed by atoms with Crippen molar-refractivity contribution in [3.05, 3.63) is 93.1 Å². The highest BCUT2D eigenvalue weighted by molar-refractivity contribution is 6.51. The van der Waals surface area contributed by atoms with E-state index in [0.717, 1.165) is 11.0 Å². The van der Waals surface area contributed by atoms with Crippen molar-refractivity contribution >= 4 is 46.3 Å². The number of amides is 1. The molecule has 3 aromatic rings. The minimum absolute atomic E-state index is 0.157. The number of anilines is 1. The zero-order valence-corrected chi connectivity index (χ0v) is 17.0. The summed E-state index contributed by atoms with van der Waals surface area (Å²) in [6.45, 7) is 1.71. The molecule has 1 aliphatic rings. The van der Waals surface area contributed by atoms with Gasteiger partial charge in [-0.1, -0.05) is 29.3 Å². The lowest BCUT2D eigenvalue weighted by Gasteiger charge is -2.23. The molecule has 8 heteroatoms. The van der Waals surface area contributed by atoms with Crippen LogP contribution in [0.2, 0.25) is 10.0 Å². The van der Waals surface area contributed by atoms with E-state index in [9.17, 15) is 19.1 Å². The predicted octanol–water partition coefficient (Wildman–Crippen LogP) is 5.66. The fourth-order valence-electron chi connectivity index (χ4n) is 3.39. The first-order valence-corrected chi connectivity index (χ1v) is 9.62. The molecule has 0 bridgehead atoms. The summed E-state index contributed by atoms with van der Waals surface area (Å²) in [4.78, 5) is 26.9. The largest absolute Gasteiger partial charge is 0.507 e. The number of carbonyl (C=O) groups excluding carboxylic acids is 2. The molecule has 2 heterocycles. The van der Waals surface area contributed by atoms with E-state index in [0.29, 0.717) is 5.76 Å². The lowest BCUT2D eigenvalue weighted by Crippen LogP contribution is -2.29. The van der Waals surface area contributed by atoms with Crippen molar-refractivity contribution in [1.82, 2.24) is 0 Å². The molecule has 0 aliphatic carbocycles. The van der Waals surface area contributed by atoms with Crippen molar-refractivity contribution in [2.24, 2.45) is 0 Å². The quantitative estimate of drug-likeness (QED) is 0.320. The van der Waals surface area contributed by atoms with E-state index in [-0.39, 0.29) is 32.6 Å². The Balaban J connectivity index is 1.95. The van der Waals surface area contributed by atoms with Gasteiger partial charge in [-0.25, -0.2) is 4.39 Å². The van der Waals surface area contributed by atoms with Crippen LogP contribution < -0.4 is 4.90 Å². The fourth-order valence-corrected chi connectivity index (χ4v) is 3.69. The number of furan rings is 1. The van der Waals surface area contributed by atoms with E-state index in [1.165, 1.54) is 36.4 Å². The third kappa shape index (κ3) is 3.38. The molecule has 0 radical (unpaired) electrons. The molecule has 1 aliphatic heterocycles. The van der Waals surface area contributed by atoms with Crippen molar-refractivity contribution in [2.45, 2.75) is 13.0 Å². The molecule has 4 rings (SSSR count). The van der Waals surface area contributed by atoms with Gasteiger partial charge in [0.05, 0.1) is 15.6 Å². The van der Waals surface area contributed by atoms with E-state index in [1.54, 1.807) is 19.1 Å². The Morgan fingerprint density at radius 2 is 1.83 bits per heavy atom. The molecule has 5 nitrogen and oxygen atoms in total. The van der Waals surface area contributed by atoms with Crippen LogP contribution in [0.1, 0.15) is 23.1 Å². The van der Waals surface area contributed by atoms with Gasteiger partial charge < -0.3 is 9.52 Å². The van der Waals surface area contributed by atoms with E-state index in [4.69, 9.17) is 27.6 Å². The summed E-state index contributed by atoms with van der Waals surface area (Å²) in [5, 5.41) is 11.4. The topological polar surface area (TPSA) is 70.8 Å². The van der Waals surface area contributed by atoms with Crippen LogP contribution in [0.15, 0.2) is 64.6 Å². The molecule has 1 fully saturated rings. The van der Waals surface area contributed by atoms with Crippen LogP contribution in [0.5, 0.6) is 0 Å². The van der Waals surface area contributed by atoms with Crippen molar-refractivity contribution in [1.29, 1.82) is 0 Å². The van der Waals surface area contributed by atoms with E-state index in [2.05, 4.69) is 0 Å². The zero-order valence-electron chi connectivity index (χ0n) is 15.5. The number of aliphatic hydroxyl groups excluding tert-OH is 1. The minimum Gasteiger partial charge on any atom is -0.507 e. The van der Waals surface area contributed by atoms with Crippen molar-refractivity contribution < 1.29 is 23.5 Å². The van der Waals surface area contributed by atoms with E-state index in [1.807, 2.05) is 0 Å². The maximum Gasteiger partial charge on any atom is 0.300 e. The lowest BCUT2D eigenvalue weighted by atomic mass is 9.99. The monoisotopic (exact) mass is 445 g/mol. The van der Waals surface area contributed by atoms with Gasteiger partial charge in [-0.3, -0.25) is 14.5 Å². The number of aryl methyl sites for hydroxylation is 1. The molecule has 30 heavy (non-hydrogen) atoms. The average Bonchev–Trinajstić information content (AvgIpc) is 3.25. The van der Waals surface area contributed by atoms with Gasteiger partial charge in [0.1, 0.15) is 29.1 Å². The minimum atomic E-state index is -1.09. The van der Waals surface area contributed by atoms with Gasteiger partial charge in [0.15, 0.2) is 0 Å². The number of halogens is 3. The van der Waals surface area contributed by atoms with Crippen LogP contribution >= 0.6 is 23.2 Å². The van der Waals surface area contributed by atoms with Gasteiger partial charge >= 0.3 is 0 Å². The second-order valence-electron chi connectivity index (χ2n) is 6.73. The Morgan fingerprint density at radius 1 is 1.07 bits per heavy atom. The van der Waals surface area contributed by atoms with E-state index >= 15 is 0 Å². The highest BCUT2D eigenvalue weighted by atomic mass is 35.5. The van der Waals surface area contributed by atoms with Gasteiger partial charge in [-0.05, 0) is 55.5 Å². The second kappa shape index (κ2) is 7.63. The van der Waals surface area contributed by atoms with Crippen LogP contribution in [0.3, 0.4) is 0 Å². The molecule has 152 valence electrons. The molecule has 1 unspecified atom stereocenters. The number of carbonyl (C=O) groups is 2. The summed E-state index contributed by atoms with van der Waals surface area (Å²) in [6, 6.07) is 11.8. The van der Waals surface area contributed by atoms with Gasteiger partial charge in [-0.15, -0.1) is 0 Å². The number of aliphatic hydroxyl groups is 1. The van der Waals surface area contributed by atoms with Gasteiger partial charge in [-0.2, -0.15) is 0 Å². The summed E-state index contributed by atoms with van der Waals surface area (Å²) in [7, 11) is 0. The van der Waals surface area contributed by atoms with Gasteiger partial charge in [0.25, 0.3) is 11.7 Å².